The number of aliphatic hydroxyl groups is 1. The van der Waals surface area contributed by atoms with Gasteiger partial charge in [0.15, 0.2) is 5.78 Å². The molecule has 0 aromatic rings. The van der Waals surface area contributed by atoms with Crippen LogP contribution in [0.1, 0.15) is 52.9 Å². The SMILES string of the molecule is CC(=O)C1=CC[C@H]2C3=CC[C@@H]4C=CCC[C@]4(C)[C@H]3C[C@@H](O)[C@]12C. The summed E-state index contributed by atoms with van der Waals surface area (Å²) in [5.41, 5.74) is 2.31. The smallest absolute Gasteiger partial charge is 0.156 e. The number of rotatable bonds is 1. The highest BCUT2D eigenvalue weighted by Gasteiger charge is 2.58. The van der Waals surface area contributed by atoms with Crippen molar-refractivity contribution in [1.29, 1.82) is 0 Å². The van der Waals surface area contributed by atoms with Crippen LogP contribution in [0.4, 0.5) is 0 Å². The van der Waals surface area contributed by atoms with Crippen LogP contribution in [0.2, 0.25) is 0 Å². The maximum Gasteiger partial charge on any atom is 0.156 e. The number of hydrogen-bond donors (Lipinski definition) is 1. The van der Waals surface area contributed by atoms with Gasteiger partial charge < -0.3 is 5.11 Å². The van der Waals surface area contributed by atoms with Crippen LogP contribution in [0.25, 0.3) is 0 Å². The number of fused-ring (bicyclic) bond motifs is 5. The van der Waals surface area contributed by atoms with Gasteiger partial charge >= 0.3 is 0 Å². The first-order chi connectivity index (χ1) is 10.9. The monoisotopic (exact) mass is 312 g/mol. The molecule has 0 spiro atoms. The molecule has 23 heavy (non-hydrogen) atoms. The van der Waals surface area contributed by atoms with Crippen LogP contribution in [0.15, 0.2) is 35.5 Å². The zero-order valence-corrected chi connectivity index (χ0v) is 14.5. The molecule has 0 aliphatic heterocycles. The summed E-state index contributed by atoms with van der Waals surface area (Å²) >= 11 is 0. The topological polar surface area (TPSA) is 37.3 Å². The van der Waals surface area contributed by atoms with Crippen molar-refractivity contribution >= 4 is 5.78 Å². The Morgan fingerprint density at radius 1 is 1.22 bits per heavy atom. The first-order valence-electron chi connectivity index (χ1n) is 9.15. The second kappa shape index (κ2) is 4.92. The van der Waals surface area contributed by atoms with Crippen molar-refractivity contribution in [3.05, 3.63) is 35.5 Å². The molecule has 4 rings (SSSR count). The number of allylic oxidation sites excluding steroid dienone is 5. The quantitative estimate of drug-likeness (QED) is 0.736. The third-order valence-corrected chi connectivity index (χ3v) is 7.67. The van der Waals surface area contributed by atoms with Crippen LogP contribution in [-0.2, 0) is 4.79 Å². The fraction of sp³-hybridized carbons (Fsp3) is 0.667. The summed E-state index contributed by atoms with van der Waals surface area (Å²) in [6.07, 6.45) is 14.1. The van der Waals surface area contributed by atoms with Crippen molar-refractivity contribution in [1.82, 2.24) is 0 Å². The Hall–Kier alpha value is -1.15. The first-order valence-corrected chi connectivity index (χ1v) is 9.15. The Kier molecular flexibility index (Phi) is 3.29. The first kappa shape index (κ1) is 15.4. The standard InChI is InChI=1S/C21H28O2/c1-13(22)16-9-10-17-15-8-7-14-6-4-5-11-20(14,2)18(15)12-19(23)21(16,17)3/h4,6,8-9,14,17-19,23H,5,7,10-12H2,1-3H3/t14-,17-,18-,19+,20-,21+/m0/s1. The van der Waals surface area contributed by atoms with Crippen LogP contribution < -0.4 is 0 Å². The molecular weight excluding hydrogens is 284 g/mol. The predicted molar refractivity (Wildman–Crippen MR) is 91.8 cm³/mol. The lowest BCUT2D eigenvalue weighted by Crippen LogP contribution is -2.53. The molecule has 0 amide bonds. The molecule has 0 unspecified atom stereocenters. The zero-order valence-electron chi connectivity index (χ0n) is 14.5. The molecule has 2 heteroatoms. The minimum Gasteiger partial charge on any atom is -0.392 e. The van der Waals surface area contributed by atoms with Gasteiger partial charge in [-0.25, -0.2) is 0 Å². The van der Waals surface area contributed by atoms with E-state index in [9.17, 15) is 9.90 Å². The number of carbonyl (C=O) groups is 1. The summed E-state index contributed by atoms with van der Waals surface area (Å²) in [4.78, 5) is 12.1. The summed E-state index contributed by atoms with van der Waals surface area (Å²) in [5.74, 6) is 1.54. The maximum atomic E-state index is 12.1. The number of hydrogen-bond acceptors (Lipinski definition) is 2. The Bertz CT molecular complexity index is 640. The van der Waals surface area contributed by atoms with E-state index in [0.717, 1.165) is 31.3 Å². The summed E-state index contributed by atoms with van der Waals surface area (Å²) in [7, 11) is 0. The van der Waals surface area contributed by atoms with Gasteiger partial charge in [0, 0.05) is 5.41 Å². The van der Waals surface area contributed by atoms with Crippen LogP contribution in [0, 0.1) is 28.6 Å². The van der Waals surface area contributed by atoms with E-state index in [1.165, 1.54) is 6.42 Å². The Morgan fingerprint density at radius 3 is 2.74 bits per heavy atom. The Balaban J connectivity index is 1.77. The van der Waals surface area contributed by atoms with Crippen molar-refractivity contribution in [2.45, 2.75) is 59.0 Å². The van der Waals surface area contributed by atoms with E-state index in [1.807, 2.05) is 0 Å². The van der Waals surface area contributed by atoms with Crippen molar-refractivity contribution in [2.75, 3.05) is 0 Å². The fourth-order valence-corrected chi connectivity index (χ4v) is 6.19. The van der Waals surface area contributed by atoms with Crippen molar-refractivity contribution in [3.8, 4) is 0 Å². The molecule has 4 aliphatic carbocycles. The third kappa shape index (κ3) is 1.88. The van der Waals surface area contributed by atoms with E-state index in [-0.39, 0.29) is 16.6 Å². The number of carbonyl (C=O) groups excluding carboxylic acids is 1. The summed E-state index contributed by atoms with van der Waals surface area (Å²) in [6.45, 7) is 6.20. The van der Waals surface area contributed by atoms with Gasteiger partial charge in [-0.1, -0.05) is 43.7 Å². The highest BCUT2D eigenvalue weighted by atomic mass is 16.3. The highest BCUT2D eigenvalue weighted by molar-refractivity contribution is 5.95. The average molecular weight is 312 g/mol. The van der Waals surface area contributed by atoms with Crippen LogP contribution in [0.5, 0.6) is 0 Å². The molecular formula is C21H28O2. The van der Waals surface area contributed by atoms with Gasteiger partial charge in [0.25, 0.3) is 0 Å². The Morgan fingerprint density at radius 2 is 2.00 bits per heavy atom. The predicted octanol–water partition coefficient (Wildman–Crippen LogP) is 4.21. The highest BCUT2D eigenvalue weighted by Crippen LogP contribution is 2.63. The molecule has 1 N–H and O–H groups in total. The molecule has 124 valence electrons. The van der Waals surface area contributed by atoms with Crippen molar-refractivity contribution in [2.24, 2.45) is 28.6 Å². The molecule has 0 heterocycles. The van der Waals surface area contributed by atoms with Crippen LogP contribution in [0.3, 0.4) is 0 Å². The van der Waals surface area contributed by atoms with Gasteiger partial charge in [-0.05, 0) is 67.8 Å². The second-order valence-corrected chi connectivity index (χ2v) is 8.57. The molecule has 0 aromatic carbocycles. The zero-order chi connectivity index (χ0) is 16.4. The lowest BCUT2D eigenvalue weighted by Gasteiger charge is -2.57. The van der Waals surface area contributed by atoms with Gasteiger partial charge in [-0.15, -0.1) is 0 Å². The second-order valence-electron chi connectivity index (χ2n) is 8.57. The maximum absolute atomic E-state index is 12.1. The van der Waals surface area contributed by atoms with Gasteiger partial charge in [0.1, 0.15) is 0 Å². The molecule has 0 saturated heterocycles. The Labute approximate surface area is 139 Å². The van der Waals surface area contributed by atoms with E-state index < -0.39 is 6.10 Å². The molecule has 0 aromatic heterocycles. The average Bonchev–Trinajstić information content (AvgIpc) is 2.87. The van der Waals surface area contributed by atoms with E-state index in [0.29, 0.717) is 17.8 Å². The summed E-state index contributed by atoms with van der Waals surface area (Å²) in [5, 5.41) is 11.1. The molecule has 0 radical (unpaired) electrons. The van der Waals surface area contributed by atoms with E-state index in [1.54, 1.807) is 12.5 Å². The number of aliphatic hydroxyl groups excluding tert-OH is 1. The van der Waals surface area contributed by atoms with E-state index in [2.05, 4.69) is 38.2 Å². The van der Waals surface area contributed by atoms with Crippen LogP contribution in [-0.4, -0.2) is 17.0 Å². The molecule has 1 saturated carbocycles. The number of ketones is 1. The lowest BCUT2D eigenvalue weighted by molar-refractivity contribution is -0.117. The molecule has 2 nitrogen and oxygen atoms in total. The molecule has 1 fully saturated rings. The van der Waals surface area contributed by atoms with Crippen molar-refractivity contribution in [3.63, 3.8) is 0 Å². The van der Waals surface area contributed by atoms with Crippen molar-refractivity contribution < 1.29 is 9.90 Å². The van der Waals surface area contributed by atoms with Gasteiger partial charge in [-0.2, -0.15) is 0 Å². The van der Waals surface area contributed by atoms with E-state index in [4.69, 9.17) is 0 Å². The summed E-state index contributed by atoms with van der Waals surface area (Å²) in [6, 6.07) is 0. The van der Waals surface area contributed by atoms with Gasteiger partial charge in [0.05, 0.1) is 6.10 Å². The molecule has 6 atom stereocenters. The lowest BCUT2D eigenvalue weighted by atomic mass is 9.48. The minimum atomic E-state index is -0.409. The summed E-state index contributed by atoms with van der Waals surface area (Å²) < 4.78 is 0. The van der Waals surface area contributed by atoms with E-state index >= 15 is 0 Å². The third-order valence-electron chi connectivity index (χ3n) is 7.67. The largest absolute Gasteiger partial charge is 0.392 e. The van der Waals surface area contributed by atoms with Crippen LogP contribution >= 0.6 is 0 Å². The normalized spacial score (nSPS) is 48.0. The molecule has 0 bridgehead atoms. The number of Topliss-reactive ketones (excluding diaryl/α,β-unsaturated/α-hetero) is 1. The van der Waals surface area contributed by atoms with Gasteiger partial charge in [0.2, 0.25) is 0 Å². The van der Waals surface area contributed by atoms with Gasteiger partial charge in [-0.3, -0.25) is 4.79 Å². The minimum absolute atomic E-state index is 0.133. The fourth-order valence-electron chi connectivity index (χ4n) is 6.19. The molecule has 4 aliphatic rings.